The smallest absolute Gasteiger partial charge is 0.0551 e. The fraction of sp³-hybridized carbons (Fsp3) is 0.400. The molecule has 0 unspecified atom stereocenters. The molecule has 0 aliphatic heterocycles. The minimum Gasteiger partial charge on any atom is -0.302 e. The van der Waals surface area contributed by atoms with Crippen molar-refractivity contribution in [1.29, 1.82) is 0 Å². The predicted molar refractivity (Wildman–Crippen MR) is 61.2 cm³/mol. The van der Waals surface area contributed by atoms with Crippen molar-refractivity contribution in [2.45, 2.75) is 13.5 Å². The second-order valence-corrected chi connectivity index (χ2v) is 4.34. The molecule has 0 amide bonds. The molecule has 0 aliphatic carbocycles. The van der Waals surface area contributed by atoms with Crippen LogP contribution in [-0.4, -0.2) is 18.5 Å². The van der Waals surface area contributed by atoms with E-state index in [9.17, 15) is 0 Å². The zero-order chi connectivity index (χ0) is 9.84. The average Bonchev–Trinajstić information content (AvgIpc) is 2.11. The van der Waals surface area contributed by atoms with Crippen molar-refractivity contribution in [2.24, 2.45) is 0 Å². The standard InChI is InChI=1S/C10H13BrClN/c1-3-13(2)7-8-4-5-9(11)10(12)6-8/h4-6H,3,7H2,1-2H3. The van der Waals surface area contributed by atoms with Gasteiger partial charge in [-0.15, -0.1) is 0 Å². The lowest BCUT2D eigenvalue weighted by molar-refractivity contribution is 0.346. The third-order valence-corrected chi connectivity index (χ3v) is 3.21. The first kappa shape index (κ1) is 11.0. The summed E-state index contributed by atoms with van der Waals surface area (Å²) in [5, 5.41) is 0.780. The van der Waals surface area contributed by atoms with Gasteiger partial charge < -0.3 is 4.90 Å². The quantitative estimate of drug-likeness (QED) is 0.805. The summed E-state index contributed by atoms with van der Waals surface area (Å²) in [4.78, 5) is 2.24. The molecular formula is C10H13BrClN. The number of nitrogens with zero attached hydrogens (tertiary/aromatic N) is 1. The summed E-state index contributed by atoms with van der Waals surface area (Å²) in [6.45, 7) is 4.14. The zero-order valence-electron chi connectivity index (χ0n) is 7.85. The minimum absolute atomic E-state index is 0.780. The van der Waals surface area contributed by atoms with E-state index in [-0.39, 0.29) is 0 Å². The van der Waals surface area contributed by atoms with Gasteiger partial charge in [-0.25, -0.2) is 0 Å². The maximum atomic E-state index is 5.98. The van der Waals surface area contributed by atoms with Gasteiger partial charge in [0.1, 0.15) is 0 Å². The van der Waals surface area contributed by atoms with E-state index >= 15 is 0 Å². The van der Waals surface area contributed by atoms with Crippen molar-refractivity contribution in [3.8, 4) is 0 Å². The van der Waals surface area contributed by atoms with Crippen LogP contribution in [0.15, 0.2) is 22.7 Å². The molecule has 13 heavy (non-hydrogen) atoms. The van der Waals surface area contributed by atoms with E-state index in [4.69, 9.17) is 11.6 Å². The van der Waals surface area contributed by atoms with Gasteiger partial charge in [-0.05, 0) is 47.2 Å². The Morgan fingerprint density at radius 2 is 2.15 bits per heavy atom. The van der Waals surface area contributed by atoms with Gasteiger partial charge in [0, 0.05) is 11.0 Å². The van der Waals surface area contributed by atoms with Gasteiger partial charge in [-0.3, -0.25) is 0 Å². The molecule has 0 fully saturated rings. The Labute approximate surface area is 92.8 Å². The van der Waals surface area contributed by atoms with Crippen molar-refractivity contribution in [3.63, 3.8) is 0 Å². The molecule has 0 saturated carbocycles. The van der Waals surface area contributed by atoms with Crippen LogP contribution < -0.4 is 0 Å². The topological polar surface area (TPSA) is 3.24 Å². The molecule has 0 aliphatic rings. The Morgan fingerprint density at radius 1 is 1.46 bits per heavy atom. The van der Waals surface area contributed by atoms with Crippen LogP contribution in [0.4, 0.5) is 0 Å². The molecule has 0 heterocycles. The fourth-order valence-corrected chi connectivity index (χ4v) is 1.51. The van der Waals surface area contributed by atoms with E-state index < -0.39 is 0 Å². The highest BCUT2D eigenvalue weighted by Gasteiger charge is 2.00. The fourth-order valence-electron chi connectivity index (χ4n) is 1.06. The minimum atomic E-state index is 0.780. The van der Waals surface area contributed by atoms with Crippen LogP contribution in [0.25, 0.3) is 0 Å². The molecule has 0 bridgehead atoms. The van der Waals surface area contributed by atoms with Crippen molar-refractivity contribution in [2.75, 3.05) is 13.6 Å². The largest absolute Gasteiger partial charge is 0.302 e. The van der Waals surface area contributed by atoms with E-state index in [0.29, 0.717) is 0 Å². The van der Waals surface area contributed by atoms with Gasteiger partial charge in [-0.1, -0.05) is 24.6 Å². The van der Waals surface area contributed by atoms with Crippen LogP contribution in [-0.2, 0) is 6.54 Å². The monoisotopic (exact) mass is 261 g/mol. The van der Waals surface area contributed by atoms with Gasteiger partial charge >= 0.3 is 0 Å². The average molecular weight is 263 g/mol. The van der Waals surface area contributed by atoms with Crippen molar-refractivity contribution < 1.29 is 0 Å². The van der Waals surface area contributed by atoms with Crippen LogP contribution >= 0.6 is 27.5 Å². The Morgan fingerprint density at radius 3 is 2.69 bits per heavy atom. The Balaban J connectivity index is 2.73. The highest BCUT2D eigenvalue weighted by Crippen LogP contribution is 2.23. The summed E-state index contributed by atoms with van der Waals surface area (Å²) in [5.41, 5.74) is 1.25. The third-order valence-electron chi connectivity index (χ3n) is 1.98. The molecule has 1 aromatic rings. The normalized spacial score (nSPS) is 10.8. The molecule has 3 heteroatoms. The van der Waals surface area contributed by atoms with Crippen LogP contribution in [0.1, 0.15) is 12.5 Å². The van der Waals surface area contributed by atoms with Gasteiger partial charge in [0.05, 0.1) is 5.02 Å². The molecular weight excluding hydrogens is 249 g/mol. The molecule has 0 radical (unpaired) electrons. The third kappa shape index (κ3) is 3.29. The maximum absolute atomic E-state index is 5.98. The van der Waals surface area contributed by atoms with Crippen LogP contribution in [0, 0.1) is 0 Å². The Bertz CT molecular complexity index is 288. The first-order chi connectivity index (χ1) is 6.13. The molecule has 0 N–H and O–H groups in total. The highest BCUT2D eigenvalue weighted by molar-refractivity contribution is 9.10. The molecule has 0 aromatic heterocycles. The summed E-state index contributed by atoms with van der Waals surface area (Å²) in [5.74, 6) is 0. The zero-order valence-corrected chi connectivity index (χ0v) is 10.2. The molecule has 0 spiro atoms. The first-order valence-electron chi connectivity index (χ1n) is 4.26. The lowest BCUT2D eigenvalue weighted by Crippen LogP contribution is -2.16. The first-order valence-corrected chi connectivity index (χ1v) is 5.43. The summed E-state index contributed by atoms with van der Waals surface area (Å²) in [6.07, 6.45) is 0. The summed E-state index contributed by atoms with van der Waals surface area (Å²) in [7, 11) is 2.09. The SMILES string of the molecule is CCN(C)Cc1ccc(Br)c(Cl)c1. The summed E-state index contributed by atoms with van der Waals surface area (Å²) >= 11 is 9.34. The van der Waals surface area contributed by atoms with Gasteiger partial charge in [0.15, 0.2) is 0 Å². The van der Waals surface area contributed by atoms with Crippen LogP contribution in [0.3, 0.4) is 0 Å². The second-order valence-electron chi connectivity index (χ2n) is 3.08. The highest BCUT2D eigenvalue weighted by atomic mass is 79.9. The predicted octanol–water partition coefficient (Wildman–Crippen LogP) is 3.55. The van der Waals surface area contributed by atoms with E-state index in [1.165, 1.54) is 5.56 Å². The molecule has 1 rings (SSSR count). The molecule has 1 nitrogen and oxygen atoms in total. The number of rotatable bonds is 3. The van der Waals surface area contributed by atoms with E-state index in [1.54, 1.807) is 0 Å². The van der Waals surface area contributed by atoms with Gasteiger partial charge in [0.25, 0.3) is 0 Å². The Kier molecular flexibility index (Phi) is 4.23. The molecule has 0 atom stereocenters. The van der Waals surface area contributed by atoms with Gasteiger partial charge in [-0.2, -0.15) is 0 Å². The van der Waals surface area contributed by atoms with Crippen LogP contribution in [0.5, 0.6) is 0 Å². The second kappa shape index (κ2) is 4.99. The van der Waals surface area contributed by atoms with Crippen molar-refractivity contribution in [1.82, 2.24) is 4.90 Å². The molecule has 72 valence electrons. The lowest BCUT2D eigenvalue weighted by atomic mass is 10.2. The van der Waals surface area contributed by atoms with Crippen molar-refractivity contribution in [3.05, 3.63) is 33.3 Å². The van der Waals surface area contributed by atoms with E-state index in [0.717, 1.165) is 22.6 Å². The number of hydrogen-bond donors (Lipinski definition) is 0. The Hall–Kier alpha value is -0.0500. The van der Waals surface area contributed by atoms with E-state index in [1.807, 2.05) is 12.1 Å². The maximum Gasteiger partial charge on any atom is 0.0551 e. The number of halogens is 2. The molecule has 0 saturated heterocycles. The summed E-state index contributed by atoms with van der Waals surface area (Å²) in [6, 6.07) is 6.07. The number of hydrogen-bond acceptors (Lipinski definition) is 1. The van der Waals surface area contributed by atoms with Crippen molar-refractivity contribution >= 4 is 27.5 Å². The van der Waals surface area contributed by atoms with E-state index in [2.05, 4.69) is 40.9 Å². The summed E-state index contributed by atoms with van der Waals surface area (Å²) < 4.78 is 0.956. The van der Waals surface area contributed by atoms with Crippen LogP contribution in [0.2, 0.25) is 5.02 Å². The molecule has 1 aromatic carbocycles. The number of benzene rings is 1. The lowest BCUT2D eigenvalue weighted by Gasteiger charge is -2.13. The van der Waals surface area contributed by atoms with Gasteiger partial charge in [0.2, 0.25) is 0 Å².